The molecular formula is C20H25Cl2N3O2. The van der Waals surface area contributed by atoms with Crippen LogP contribution in [-0.2, 0) is 13.6 Å². The average molecular weight is 410 g/mol. The fourth-order valence-electron chi connectivity index (χ4n) is 3.43. The summed E-state index contributed by atoms with van der Waals surface area (Å²) in [7, 11) is 3.42. The van der Waals surface area contributed by atoms with Gasteiger partial charge in [0.25, 0.3) is 5.91 Å². The van der Waals surface area contributed by atoms with E-state index in [4.69, 9.17) is 27.9 Å². The van der Waals surface area contributed by atoms with Gasteiger partial charge in [-0.3, -0.25) is 9.69 Å². The van der Waals surface area contributed by atoms with Crippen molar-refractivity contribution in [3.8, 4) is 5.75 Å². The molecule has 27 heavy (non-hydrogen) atoms. The van der Waals surface area contributed by atoms with Crippen LogP contribution in [-0.4, -0.2) is 42.1 Å². The smallest absolute Gasteiger partial charge is 0.268 e. The van der Waals surface area contributed by atoms with Crippen LogP contribution in [0.1, 0.15) is 28.9 Å². The second-order valence-electron chi connectivity index (χ2n) is 7.00. The van der Waals surface area contributed by atoms with Crippen molar-refractivity contribution >= 4 is 29.1 Å². The minimum atomic E-state index is -0.132. The van der Waals surface area contributed by atoms with Gasteiger partial charge < -0.3 is 14.6 Å². The minimum Gasteiger partial charge on any atom is -0.497 e. The molecular weight excluding hydrogens is 385 g/mol. The summed E-state index contributed by atoms with van der Waals surface area (Å²) in [4.78, 5) is 14.8. The predicted molar refractivity (Wildman–Crippen MR) is 109 cm³/mol. The number of hydrogen-bond acceptors (Lipinski definition) is 3. The van der Waals surface area contributed by atoms with Gasteiger partial charge in [0.1, 0.15) is 16.6 Å². The third-order valence-corrected chi connectivity index (χ3v) is 6.01. The molecule has 1 amide bonds. The number of benzene rings is 1. The van der Waals surface area contributed by atoms with E-state index >= 15 is 0 Å². The van der Waals surface area contributed by atoms with Gasteiger partial charge >= 0.3 is 0 Å². The van der Waals surface area contributed by atoms with Crippen molar-refractivity contribution in [1.82, 2.24) is 14.8 Å². The standard InChI is InChI=1S/C20H25Cl2N3O2/c1-24-18(11-17(21)19(24)22)20(26)23-12-14-7-9-25(10-8-14)13-15-3-5-16(27-2)6-4-15/h3-6,11,14H,7-10,12-13H2,1-2H3,(H,23,26). The molecule has 0 unspecified atom stereocenters. The first kappa shape index (κ1) is 20.1. The summed E-state index contributed by atoms with van der Waals surface area (Å²) in [5, 5.41) is 3.80. The van der Waals surface area contributed by atoms with E-state index in [0.717, 1.165) is 38.2 Å². The van der Waals surface area contributed by atoms with Gasteiger partial charge in [-0.2, -0.15) is 0 Å². The van der Waals surface area contributed by atoms with Crippen LogP contribution in [0.4, 0.5) is 0 Å². The maximum atomic E-state index is 12.4. The monoisotopic (exact) mass is 409 g/mol. The number of amides is 1. The Kier molecular flexibility index (Phi) is 6.68. The van der Waals surface area contributed by atoms with Crippen LogP contribution in [0.15, 0.2) is 30.3 Å². The summed E-state index contributed by atoms with van der Waals surface area (Å²) in [6.07, 6.45) is 2.15. The summed E-state index contributed by atoms with van der Waals surface area (Å²) in [6.45, 7) is 3.70. The predicted octanol–water partition coefficient (Wildman–Crippen LogP) is 3.98. The van der Waals surface area contributed by atoms with Crippen LogP contribution in [0, 0.1) is 5.92 Å². The van der Waals surface area contributed by atoms with E-state index < -0.39 is 0 Å². The molecule has 1 fully saturated rings. The Labute approximate surface area is 170 Å². The third kappa shape index (κ3) is 4.98. The van der Waals surface area contributed by atoms with E-state index in [1.165, 1.54) is 5.56 Å². The molecule has 0 radical (unpaired) electrons. The highest BCUT2D eigenvalue weighted by molar-refractivity contribution is 6.41. The zero-order valence-corrected chi connectivity index (χ0v) is 17.2. The van der Waals surface area contributed by atoms with Crippen molar-refractivity contribution in [3.05, 3.63) is 51.8 Å². The minimum absolute atomic E-state index is 0.132. The molecule has 2 heterocycles. The number of carbonyl (C=O) groups is 1. The molecule has 0 bridgehead atoms. The molecule has 2 aromatic rings. The van der Waals surface area contributed by atoms with Gasteiger partial charge in [-0.1, -0.05) is 35.3 Å². The molecule has 1 aromatic carbocycles. The summed E-state index contributed by atoms with van der Waals surface area (Å²) < 4.78 is 6.81. The molecule has 1 aromatic heterocycles. The molecule has 0 aliphatic carbocycles. The average Bonchev–Trinajstić information content (AvgIpc) is 2.95. The number of likely N-dealkylation sites (tertiary alicyclic amines) is 1. The lowest BCUT2D eigenvalue weighted by atomic mass is 9.96. The van der Waals surface area contributed by atoms with Crippen molar-refractivity contribution in [1.29, 1.82) is 0 Å². The first-order valence-electron chi connectivity index (χ1n) is 9.12. The second kappa shape index (κ2) is 9.00. The highest BCUT2D eigenvalue weighted by Crippen LogP contribution is 2.25. The number of halogens is 2. The Morgan fingerprint density at radius 3 is 2.44 bits per heavy atom. The molecule has 0 atom stereocenters. The number of methoxy groups -OCH3 is 1. The van der Waals surface area contributed by atoms with Gasteiger partial charge in [0.05, 0.1) is 12.1 Å². The summed E-state index contributed by atoms with van der Waals surface area (Å²) in [5.41, 5.74) is 1.78. The first-order chi connectivity index (χ1) is 13.0. The number of ether oxygens (including phenoxy) is 1. The largest absolute Gasteiger partial charge is 0.497 e. The number of hydrogen-bond donors (Lipinski definition) is 1. The second-order valence-corrected chi connectivity index (χ2v) is 7.77. The van der Waals surface area contributed by atoms with E-state index in [2.05, 4.69) is 22.3 Å². The van der Waals surface area contributed by atoms with Gasteiger partial charge in [0.15, 0.2) is 0 Å². The first-order valence-corrected chi connectivity index (χ1v) is 9.87. The zero-order chi connectivity index (χ0) is 19.4. The van der Waals surface area contributed by atoms with Gasteiger partial charge in [-0.25, -0.2) is 0 Å². The summed E-state index contributed by atoms with van der Waals surface area (Å²) >= 11 is 12.0. The van der Waals surface area contributed by atoms with Crippen LogP contribution in [0.5, 0.6) is 5.75 Å². The van der Waals surface area contributed by atoms with Crippen LogP contribution in [0.3, 0.4) is 0 Å². The molecule has 146 valence electrons. The molecule has 3 rings (SSSR count). The Morgan fingerprint density at radius 2 is 1.89 bits per heavy atom. The molecule has 0 saturated carbocycles. The number of rotatable bonds is 6. The fourth-order valence-corrected chi connectivity index (χ4v) is 3.80. The highest BCUT2D eigenvalue weighted by Gasteiger charge is 2.21. The Balaban J connectivity index is 1.43. The third-order valence-electron chi connectivity index (χ3n) is 5.17. The molecule has 1 N–H and O–H groups in total. The van der Waals surface area contributed by atoms with Crippen molar-refractivity contribution in [3.63, 3.8) is 0 Å². The van der Waals surface area contributed by atoms with Gasteiger partial charge in [-0.15, -0.1) is 0 Å². The number of piperidine rings is 1. The fraction of sp³-hybridized carbons (Fsp3) is 0.450. The zero-order valence-electron chi connectivity index (χ0n) is 15.7. The molecule has 1 aliphatic heterocycles. The van der Waals surface area contributed by atoms with Gasteiger partial charge in [-0.05, 0) is 55.6 Å². The Bertz CT molecular complexity index is 781. The molecule has 0 spiro atoms. The lowest BCUT2D eigenvalue weighted by Crippen LogP contribution is -2.38. The van der Waals surface area contributed by atoms with E-state index in [0.29, 0.717) is 28.3 Å². The maximum Gasteiger partial charge on any atom is 0.268 e. The van der Waals surface area contributed by atoms with Crippen molar-refractivity contribution in [2.75, 3.05) is 26.7 Å². The lowest BCUT2D eigenvalue weighted by molar-refractivity contribution is 0.0927. The number of carbonyl (C=O) groups excluding carboxylic acids is 1. The van der Waals surface area contributed by atoms with Crippen molar-refractivity contribution in [2.45, 2.75) is 19.4 Å². The van der Waals surface area contributed by atoms with E-state index in [1.807, 2.05) is 12.1 Å². The highest BCUT2D eigenvalue weighted by atomic mass is 35.5. The normalized spacial score (nSPS) is 15.7. The van der Waals surface area contributed by atoms with Crippen LogP contribution >= 0.6 is 23.2 Å². The van der Waals surface area contributed by atoms with Crippen LogP contribution in [0.2, 0.25) is 10.2 Å². The van der Waals surface area contributed by atoms with E-state index in [9.17, 15) is 4.79 Å². The van der Waals surface area contributed by atoms with Crippen molar-refractivity contribution < 1.29 is 9.53 Å². The molecule has 1 aliphatic rings. The van der Waals surface area contributed by atoms with Gasteiger partial charge in [0.2, 0.25) is 0 Å². The molecule has 7 heteroatoms. The number of aromatic nitrogens is 1. The molecule has 1 saturated heterocycles. The summed E-state index contributed by atoms with van der Waals surface area (Å²) in [6, 6.07) is 9.83. The van der Waals surface area contributed by atoms with Crippen molar-refractivity contribution in [2.24, 2.45) is 13.0 Å². The number of nitrogens with one attached hydrogen (secondary N) is 1. The Hall–Kier alpha value is -1.69. The van der Waals surface area contributed by atoms with Crippen LogP contribution < -0.4 is 10.1 Å². The maximum absolute atomic E-state index is 12.4. The van der Waals surface area contributed by atoms with E-state index in [-0.39, 0.29) is 5.91 Å². The number of nitrogens with zero attached hydrogens (tertiary/aromatic N) is 2. The Morgan fingerprint density at radius 1 is 1.22 bits per heavy atom. The SMILES string of the molecule is COc1ccc(CN2CCC(CNC(=O)c3cc(Cl)c(Cl)n3C)CC2)cc1. The van der Waals surface area contributed by atoms with E-state index in [1.54, 1.807) is 24.8 Å². The van der Waals surface area contributed by atoms with Gasteiger partial charge in [0, 0.05) is 20.1 Å². The van der Waals surface area contributed by atoms with Crippen LogP contribution in [0.25, 0.3) is 0 Å². The lowest BCUT2D eigenvalue weighted by Gasteiger charge is -2.32. The molecule has 5 nitrogen and oxygen atoms in total. The quantitative estimate of drug-likeness (QED) is 0.784. The topological polar surface area (TPSA) is 46.5 Å². The summed E-state index contributed by atoms with van der Waals surface area (Å²) in [5.74, 6) is 1.24.